The maximum atomic E-state index is 13.2. The van der Waals surface area contributed by atoms with Gasteiger partial charge in [-0.15, -0.1) is 0 Å². The molecule has 5 rings (SSSR count). The van der Waals surface area contributed by atoms with Gasteiger partial charge >= 0.3 is 0 Å². The molecular weight excluding hydrogens is 438 g/mol. The van der Waals surface area contributed by atoms with Crippen molar-refractivity contribution in [3.63, 3.8) is 0 Å². The van der Waals surface area contributed by atoms with E-state index in [-0.39, 0.29) is 5.43 Å². The van der Waals surface area contributed by atoms with Crippen LogP contribution in [0.4, 0.5) is 0 Å². The van der Waals surface area contributed by atoms with Crippen LogP contribution < -0.4 is 5.43 Å². The molecule has 0 radical (unpaired) electrons. The third-order valence-electron chi connectivity index (χ3n) is 6.60. The van der Waals surface area contributed by atoms with Crippen molar-refractivity contribution in [2.24, 2.45) is 5.92 Å². The van der Waals surface area contributed by atoms with E-state index in [0.717, 1.165) is 55.0 Å². The largest absolute Gasteiger partial charge is 0.313 e. The van der Waals surface area contributed by atoms with Crippen molar-refractivity contribution in [3.05, 3.63) is 55.9 Å². The van der Waals surface area contributed by atoms with Gasteiger partial charge in [0.15, 0.2) is 0 Å². The average Bonchev–Trinajstić information content (AvgIpc) is 3.09. The predicted molar refractivity (Wildman–Crippen MR) is 124 cm³/mol. The van der Waals surface area contributed by atoms with Gasteiger partial charge in [-0.2, -0.15) is 0 Å². The Morgan fingerprint density at radius 2 is 2.00 bits per heavy atom. The van der Waals surface area contributed by atoms with Crippen molar-refractivity contribution >= 4 is 21.4 Å². The smallest absolute Gasteiger partial charge is 0.210 e. The first-order chi connectivity index (χ1) is 14.6. The topological polar surface area (TPSA) is 37.6 Å². The zero-order valence-electron chi connectivity index (χ0n) is 17.4. The fourth-order valence-corrected chi connectivity index (χ4v) is 5.42. The van der Waals surface area contributed by atoms with Crippen LogP contribution in [0, 0.1) is 17.8 Å². The van der Waals surface area contributed by atoms with Gasteiger partial charge in [0.25, 0.3) is 0 Å². The van der Waals surface area contributed by atoms with Crippen LogP contribution in [0.25, 0.3) is 16.9 Å². The second-order valence-electron chi connectivity index (χ2n) is 8.73. The SMILES string of the molecule is CC1CCN(CC#CCc2cc(Br)c3n4ccc5c4c(cnc-3c2=O)CCC5)CC1. The molecular formula is C25H26BrN3O. The van der Waals surface area contributed by atoms with Crippen LogP contribution in [0.1, 0.15) is 42.9 Å². The minimum Gasteiger partial charge on any atom is -0.313 e. The van der Waals surface area contributed by atoms with Gasteiger partial charge in [-0.05, 0) is 90.3 Å². The summed E-state index contributed by atoms with van der Waals surface area (Å²) in [6.07, 6.45) is 10.2. The van der Waals surface area contributed by atoms with E-state index in [9.17, 15) is 4.79 Å². The van der Waals surface area contributed by atoms with Gasteiger partial charge < -0.3 is 4.40 Å². The molecule has 0 spiro atoms. The molecule has 0 N–H and O–H groups in total. The second kappa shape index (κ2) is 8.17. The Morgan fingerprint density at radius 3 is 2.83 bits per heavy atom. The van der Waals surface area contributed by atoms with Crippen LogP contribution in [0.5, 0.6) is 0 Å². The summed E-state index contributed by atoms with van der Waals surface area (Å²) < 4.78 is 3.05. The van der Waals surface area contributed by atoms with Gasteiger partial charge in [-0.3, -0.25) is 14.7 Å². The summed E-state index contributed by atoms with van der Waals surface area (Å²) in [7, 11) is 0. The highest BCUT2D eigenvalue weighted by atomic mass is 79.9. The second-order valence-corrected chi connectivity index (χ2v) is 9.58. The molecule has 0 unspecified atom stereocenters. The number of halogens is 1. The van der Waals surface area contributed by atoms with E-state index in [0.29, 0.717) is 17.7 Å². The molecule has 0 amide bonds. The van der Waals surface area contributed by atoms with Gasteiger partial charge in [-0.1, -0.05) is 18.8 Å². The zero-order valence-corrected chi connectivity index (χ0v) is 19.0. The molecule has 4 nitrogen and oxygen atoms in total. The molecule has 0 aromatic carbocycles. The summed E-state index contributed by atoms with van der Waals surface area (Å²) in [4.78, 5) is 20.3. The molecule has 5 heteroatoms. The minimum absolute atomic E-state index is 0.00718. The van der Waals surface area contributed by atoms with Gasteiger partial charge in [0.05, 0.1) is 17.8 Å². The average molecular weight is 464 g/mol. The summed E-state index contributed by atoms with van der Waals surface area (Å²) in [6.45, 7) is 5.36. The lowest BCUT2D eigenvalue weighted by Crippen LogP contribution is -2.33. The Hall–Kier alpha value is -2.16. The quantitative estimate of drug-likeness (QED) is 0.530. The number of rotatable bonds is 2. The maximum Gasteiger partial charge on any atom is 0.210 e. The number of hydrogen-bond donors (Lipinski definition) is 0. The van der Waals surface area contributed by atoms with Crippen molar-refractivity contribution in [1.29, 1.82) is 0 Å². The lowest BCUT2D eigenvalue weighted by molar-refractivity contribution is 0.213. The van der Waals surface area contributed by atoms with E-state index in [1.165, 1.54) is 29.5 Å². The molecule has 0 atom stereocenters. The summed E-state index contributed by atoms with van der Waals surface area (Å²) in [5, 5.41) is 0. The number of likely N-dealkylation sites (tertiary alicyclic amines) is 1. The van der Waals surface area contributed by atoms with Crippen LogP contribution in [0.15, 0.2) is 33.8 Å². The molecule has 2 aliphatic carbocycles. The molecule has 0 bridgehead atoms. The van der Waals surface area contributed by atoms with E-state index >= 15 is 0 Å². The fourth-order valence-electron chi connectivity index (χ4n) is 4.76. The van der Waals surface area contributed by atoms with Crippen LogP contribution in [-0.2, 0) is 19.3 Å². The molecule has 3 heterocycles. The Bertz CT molecular complexity index is 1190. The number of nitrogens with zero attached hydrogens (tertiary/aromatic N) is 3. The third kappa shape index (κ3) is 3.57. The van der Waals surface area contributed by atoms with Crippen molar-refractivity contribution in [3.8, 4) is 23.2 Å². The normalized spacial score (nSPS) is 17.3. The molecule has 2 aliphatic heterocycles. The minimum atomic E-state index is -0.00718. The van der Waals surface area contributed by atoms with Gasteiger partial charge in [0, 0.05) is 28.9 Å². The first-order valence-corrected chi connectivity index (χ1v) is 11.7. The van der Waals surface area contributed by atoms with Crippen molar-refractivity contribution < 1.29 is 0 Å². The fraction of sp³-hybridized carbons (Fsp3) is 0.440. The number of aryl methyl sites for hydroxylation is 2. The summed E-state index contributed by atoms with van der Waals surface area (Å²) in [5.41, 5.74) is 5.86. The Kier molecular flexibility index (Phi) is 5.39. The zero-order chi connectivity index (χ0) is 20.7. The van der Waals surface area contributed by atoms with Gasteiger partial charge in [0.2, 0.25) is 5.43 Å². The number of hydrogen-bond acceptors (Lipinski definition) is 3. The molecule has 1 aromatic rings. The van der Waals surface area contributed by atoms with E-state index in [4.69, 9.17) is 0 Å². The van der Waals surface area contributed by atoms with Crippen LogP contribution in [0.3, 0.4) is 0 Å². The van der Waals surface area contributed by atoms with Crippen molar-refractivity contribution in [2.75, 3.05) is 19.6 Å². The number of piperidine rings is 1. The Labute approximate surface area is 185 Å². The standard InChI is InChI=1S/C25H26BrN3O/c1-17-8-12-28(13-9-17)11-3-2-5-19-15-21(26)24-22(25(19)30)27-16-20-7-4-6-18-10-14-29(24)23(18)20/h10,14-17H,4-9,11-13H2,1H3. The highest BCUT2D eigenvalue weighted by Crippen LogP contribution is 2.32. The summed E-state index contributed by atoms with van der Waals surface area (Å²) in [6, 6.07) is 4.11. The Morgan fingerprint density at radius 1 is 1.20 bits per heavy atom. The highest BCUT2D eigenvalue weighted by molar-refractivity contribution is 9.10. The molecule has 1 fully saturated rings. The molecule has 154 valence electrons. The highest BCUT2D eigenvalue weighted by Gasteiger charge is 2.22. The lowest BCUT2D eigenvalue weighted by atomic mass is 9.98. The summed E-state index contributed by atoms with van der Waals surface area (Å²) >= 11 is 3.72. The number of fused-ring (bicyclic) bond motifs is 2. The van der Waals surface area contributed by atoms with Crippen molar-refractivity contribution in [1.82, 2.24) is 14.3 Å². The molecule has 30 heavy (non-hydrogen) atoms. The third-order valence-corrected chi connectivity index (χ3v) is 7.20. The van der Waals surface area contributed by atoms with E-state index < -0.39 is 0 Å². The molecule has 1 aromatic heterocycles. The van der Waals surface area contributed by atoms with E-state index in [1.807, 2.05) is 12.3 Å². The first-order valence-electron chi connectivity index (χ1n) is 10.9. The maximum absolute atomic E-state index is 13.2. The number of benzene rings is 1. The van der Waals surface area contributed by atoms with Crippen LogP contribution >= 0.6 is 15.9 Å². The molecule has 0 saturated carbocycles. The van der Waals surface area contributed by atoms with Crippen molar-refractivity contribution in [2.45, 2.75) is 45.4 Å². The number of aromatic nitrogens is 2. The van der Waals surface area contributed by atoms with Crippen LogP contribution in [0.2, 0.25) is 0 Å². The van der Waals surface area contributed by atoms with E-state index in [1.54, 1.807) is 0 Å². The monoisotopic (exact) mass is 463 g/mol. The van der Waals surface area contributed by atoms with Gasteiger partial charge in [-0.25, -0.2) is 0 Å². The predicted octanol–water partition coefficient (Wildman–Crippen LogP) is 4.33. The van der Waals surface area contributed by atoms with E-state index in [2.05, 4.69) is 61.2 Å². The molecule has 4 aliphatic rings. The summed E-state index contributed by atoms with van der Waals surface area (Å²) in [5.74, 6) is 7.33. The first kappa shape index (κ1) is 19.8. The Balaban J connectivity index is 1.47. The molecule has 1 saturated heterocycles. The van der Waals surface area contributed by atoms with Gasteiger partial charge in [0.1, 0.15) is 5.69 Å². The lowest BCUT2D eigenvalue weighted by Gasteiger charge is -2.28. The van der Waals surface area contributed by atoms with Crippen LogP contribution in [-0.4, -0.2) is 33.9 Å².